The van der Waals surface area contributed by atoms with E-state index in [0.29, 0.717) is 17.7 Å². The van der Waals surface area contributed by atoms with Crippen LogP contribution in [0.5, 0.6) is 5.88 Å². The van der Waals surface area contributed by atoms with Crippen molar-refractivity contribution in [3.63, 3.8) is 0 Å². The van der Waals surface area contributed by atoms with Gasteiger partial charge >= 0.3 is 0 Å². The molecule has 0 amide bonds. The van der Waals surface area contributed by atoms with E-state index in [9.17, 15) is 9.90 Å². The fourth-order valence-corrected chi connectivity index (χ4v) is 1.58. The molecule has 1 aromatic rings. The van der Waals surface area contributed by atoms with Crippen molar-refractivity contribution in [1.82, 2.24) is 9.47 Å². The number of nitrogens with zero attached hydrogens (tertiary/aromatic N) is 3. The molecule has 0 radical (unpaired) electrons. The summed E-state index contributed by atoms with van der Waals surface area (Å²) in [4.78, 5) is 13.5. The molecule has 1 N–H and O–H groups in total. The Bertz CT molecular complexity index is 509. The molecule has 0 saturated heterocycles. The van der Waals surface area contributed by atoms with E-state index in [1.54, 1.807) is 6.92 Å². The summed E-state index contributed by atoms with van der Waals surface area (Å²) < 4.78 is 1.10. The highest BCUT2D eigenvalue weighted by Gasteiger charge is 2.16. The van der Waals surface area contributed by atoms with Crippen LogP contribution in [0.4, 0.5) is 0 Å². The molecule has 5 nitrogen and oxygen atoms in total. The molecule has 16 heavy (non-hydrogen) atoms. The van der Waals surface area contributed by atoms with Crippen LogP contribution in [-0.4, -0.2) is 28.7 Å². The fourth-order valence-electron chi connectivity index (χ4n) is 1.58. The van der Waals surface area contributed by atoms with Crippen molar-refractivity contribution >= 4 is 0 Å². The van der Waals surface area contributed by atoms with Crippen molar-refractivity contribution in [1.29, 1.82) is 5.26 Å². The molecule has 1 aromatic heterocycles. The molecule has 0 atom stereocenters. The minimum atomic E-state index is -0.458. The average molecular weight is 221 g/mol. The second-order valence-electron chi connectivity index (χ2n) is 4.02. The Kier molecular flexibility index (Phi) is 3.35. The number of hydrogen-bond donors (Lipinski definition) is 1. The average Bonchev–Trinajstić information content (AvgIpc) is 2.22. The number of nitriles is 1. The SMILES string of the molecule is Cc1c(CN(C)C)c(O)n(C)c(=O)c1C#N. The Morgan fingerprint density at radius 3 is 2.50 bits per heavy atom. The van der Waals surface area contributed by atoms with Gasteiger partial charge in [0, 0.05) is 19.2 Å². The molecule has 0 aliphatic carbocycles. The molecular weight excluding hydrogens is 206 g/mol. The monoisotopic (exact) mass is 221 g/mol. The molecule has 0 aliphatic heterocycles. The van der Waals surface area contributed by atoms with Crippen molar-refractivity contribution in [2.24, 2.45) is 7.05 Å². The summed E-state index contributed by atoms with van der Waals surface area (Å²) in [7, 11) is 5.17. The maximum Gasteiger partial charge on any atom is 0.271 e. The van der Waals surface area contributed by atoms with Gasteiger partial charge in [-0.3, -0.25) is 9.36 Å². The van der Waals surface area contributed by atoms with E-state index in [1.807, 2.05) is 25.1 Å². The van der Waals surface area contributed by atoms with Crippen molar-refractivity contribution in [2.75, 3.05) is 14.1 Å². The summed E-state index contributed by atoms with van der Waals surface area (Å²) in [6, 6.07) is 1.88. The summed E-state index contributed by atoms with van der Waals surface area (Å²) in [5, 5.41) is 18.8. The second kappa shape index (κ2) is 4.37. The zero-order chi connectivity index (χ0) is 12.5. The summed E-state index contributed by atoms with van der Waals surface area (Å²) in [6.07, 6.45) is 0. The Morgan fingerprint density at radius 2 is 2.06 bits per heavy atom. The Balaban J connectivity index is 3.57. The van der Waals surface area contributed by atoms with Gasteiger partial charge in [0.1, 0.15) is 11.6 Å². The van der Waals surface area contributed by atoms with Crippen LogP contribution in [0.3, 0.4) is 0 Å². The van der Waals surface area contributed by atoms with Gasteiger partial charge in [-0.1, -0.05) is 0 Å². The van der Waals surface area contributed by atoms with Gasteiger partial charge < -0.3 is 10.0 Å². The van der Waals surface area contributed by atoms with Crippen LogP contribution in [0.15, 0.2) is 4.79 Å². The fraction of sp³-hybridized carbons (Fsp3) is 0.455. The molecule has 0 unspecified atom stereocenters. The first-order chi connectivity index (χ1) is 7.40. The van der Waals surface area contributed by atoms with E-state index in [-0.39, 0.29) is 11.4 Å². The van der Waals surface area contributed by atoms with Crippen LogP contribution in [0.1, 0.15) is 16.7 Å². The first kappa shape index (κ1) is 12.3. The summed E-state index contributed by atoms with van der Waals surface area (Å²) in [5.41, 5.74) is 0.803. The predicted octanol–water partition coefficient (Wildman–Crippen LogP) is 0.333. The van der Waals surface area contributed by atoms with Gasteiger partial charge in [0.15, 0.2) is 5.88 Å². The maximum absolute atomic E-state index is 11.6. The normalized spacial score (nSPS) is 10.5. The highest BCUT2D eigenvalue weighted by molar-refractivity contribution is 5.45. The lowest BCUT2D eigenvalue weighted by Gasteiger charge is -2.16. The van der Waals surface area contributed by atoms with Gasteiger partial charge in [-0.05, 0) is 26.6 Å². The molecule has 5 heteroatoms. The highest BCUT2D eigenvalue weighted by atomic mass is 16.3. The number of rotatable bonds is 2. The largest absolute Gasteiger partial charge is 0.494 e. The standard InChI is InChI=1S/C11H15N3O2/c1-7-8(5-12)10(15)14(4)11(16)9(7)6-13(2)3/h16H,6H2,1-4H3. The lowest BCUT2D eigenvalue weighted by Crippen LogP contribution is -2.24. The van der Waals surface area contributed by atoms with E-state index >= 15 is 0 Å². The first-order valence-electron chi connectivity index (χ1n) is 4.86. The van der Waals surface area contributed by atoms with Crippen LogP contribution < -0.4 is 5.56 Å². The Hall–Kier alpha value is -1.80. The molecule has 0 fully saturated rings. The van der Waals surface area contributed by atoms with Gasteiger partial charge in [0.25, 0.3) is 5.56 Å². The maximum atomic E-state index is 11.6. The third kappa shape index (κ3) is 1.92. The topological polar surface area (TPSA) is 69.3 Å². The number of pyridine rings is 1. The number of aromatic nitrogens is 1. The third-order valence-corrected chi connectivity index (χ3v) is 2.52. The van der Waals surface area contributed by atoms with Gasteiger partial charge in [0.05, 0.1) is 0 Å². The summed E-state index contributed by atoms with van der Waals surface area (Å²) >= 11 is 0. The van der Waals surface area contributed by atoms with Gasteiger partial charge in [-0.15, -0.1) is 0 Å². The zero-order valence-electron chi connectivity index (χ0n) is 9.90. The van der Waals surface area contributed by atoms with Crippen molar-refractivity contribution in [3.8, 4) is 11.9 Å². The molecule has 0 bridgehead atoms. The second-order valence-corrected chi connectivity index (χ2v) is 4.02. The van der Waals surface area contributed by atoms with E-state index in [1.165, 1.54) is 7.05 Å². The van der Waals surface area contributed by atoms with Crippen LogP contribution in [-0.2, 0) is 13.6 Å². The van der Waals surface area contributed by atoms with Gasteiger partial charge in [-0.2, -0.15) is 5.26 Å². The molecule has 0 spiro atoms. The van der Waals surface area contributed by atoms with Crippen molar-refractivity contribution < 1.29 is 5.11 Å². The number of hydrogen-bond acceptors (Lipinski definition) is 4. The summed E-state index contributed by atoms with van der Waals surface area (Å²) in [6.45, 7) is 2.17. The minimum Gasteiger partial charge on any atom is -0.494 e. The highest BCUT2D eigenvalue weighted by Crippen LogP contribution is 2.21. The molecule has 0 aromatic carbocycles. The predicted molar refractivity (Wildman–Crippen MR) is 60.2 cm³/mol. The molecule has 0 aliphatic rings. The lowest BCUT2D eigenvalue weighted by molar-refractivity contribution is 0.367. The number of aromatic hydroxyl groups is 1. The van der Waals surface area contributed by atoms with E-state index in [0.717, 1.165) is 4.57 Å². The zero-order valence-corrected chi connectivity index (χ0v) is 9.90. The smallest absolute Gasteiger partial charge is 0.271 e. The molecule has 0 saturated carbocycles. The van der Waals surface area contributed by atoms with Crippen LogP contribution >= 0.6 is 0 Å². The van der Waals surface area contributed by atoms with E-state index < -0.39 is 5.56 Å². The van der Waals surface area contributed by atoms with Gasteiger partial charge in [-0.25, -0.2) is 0 Å². The van der Waals surface area contributed by atoms with E-state index in [4.69, 9.17) is 5.26 Å². The first-order valence-corrected chi connectivity index (χ1v) is 4.86. The Labute approximate surface area is 94.2 Å². The lowest BCUT2D eigenvalue weighted by atomic mass is 10.1. The van der Waals surface area contributed by atoms with Crippen LogP contribution in [0, 0.1) is 18.3 Å². The quantitative estimate of drug-likeness (QED) is 0.781. The summed E-state index contributed by atoms with van der Waals surface area (Å²) in [5.74, 6) is -0.0739. The van der Waals surface area contributed by atoms with Crippen LogP contribution in [0.2, 0.25) is 0 Å². The van der Waals surface area contributed by atoms with Crippen LogP contribution in [0.25, 0.3) is 0 Å². The van der Waals surface area contributed by atoms with Crippen molar-refractivity contribution in [2.45, 2.75) is 13.5 Å². The van der Waals surface area contributed by atoms with Crippen molar-refractivity contribution in [3.05, 3.63) is 27.0 Å². The molecule has 1 rings (SSSR count). The molecule has 1 heterocycles. The van der Waals surface area contributed by atoms with Gasteiger partial charge in [0.2, 0.25) is 0 Å². The minimum absolute atomic E-state index is 0.0739. The Morgan fingerprint density at radius 1 is 1.50 bits per heavy atom. The molecular formula is C11H15N3O2. The van der Waals surface area contributed by atoms with E-state index in [2.05, 4.69) is 0 Å². The molecule has 86 valence electrons. The third-order valence-electron chi connectivity index (χ3n) is 2.52.